The summed E-state index contributed by atoms with van der Waals surface area (Å²) in [4.78, 5) is 0. The van der Waals surface area contributed by atoms with E-state index < -0.39 is 0 Å². The van der Waals surface area contributed by atoms with Crippen molar-refractivity contribution >= 4 is 0 Å². The molecule has 2 heteroatoms. The fourth-order valence-electron chi connectivity index (χ4n) is 5.13. The van der Waals surface area contributed by atoms with Gasteiger partial charge in [0.25, 0.3) is 0 Å². The molecule has 3 atom stereocenters. The molecule has 20 heavy (non-hydrogen) atoms. The topological polar surface area (TPSA) is 21.3 Å². The van der Waals surface area contributed by atoms with Crippen molar-refractivity contribution in [2.75, 3.05) is 13.2 Å². The summed E-state index contributed by atoms with van der Waals surface area (Å²) < 4.78 is 6.23. The third kappa shape index (κ3) is 3.22. The van der Waals surface area contributed by atoms with Gasteiger partial charge in [0.2, 0.25) is 0 Å². The maximum Gasteiger partial charge on any atom is 0.0685 e. The lowest BCUT2D eigenvalue weighted by Gasteiger charge is -2.42. The van der Waals surface area contributed by atoms with Gasteiger partial charge in [-0.2, -0.15) is 0 Å². The maximum atomic E-state index is 6.23. The molecule has 3 unspecified atom stereocenters. The summed E-state index contributed by atoms with van der Waals surface area (Å²) in [6.45, 7) is 6.82. The zero-order valence-corrected chi connectivity index (χ0v) is 13.5. The standard InChI is InChI=1S/C18H33NO/c1-14(2)19-13-16-6-5-7-17(16)15-8-11-20-18(12-15)9-3-4-10-18/h14-17,19H,3-13H2,1-2H3. The molecule has 0 bridgehead atoms. The van der Waals surface area contributed by atoms with Gasteiger partial charge in [0.1, 0.15) is 0 Å². The number of rotatable bonds is 4. The Hall–Kier alpha value is -0.0800. The Labute approximate surface area is 125 Å². The molecule has 3 fully saturated rings. The second kappa shape index (κ2) is 6.36. The maximum absolute atomic E-state index is 6.23. The van der Waals surface area contributed by atoms with E-state index in [1.165, 1.54) is 64.3 Å². The van der Waals surface area contributed by atoms with Crippen molar-refractivity contribution in [2.24, 2.45) is 17.8 Å². The van der Waals surface area contributed by atoms with Gasteiger partial charge in [-0.1, -0.05) is 33.1 Å². The van der Waals surface area contributed by atoms with E-state index in [-0.39, 0.29) is 0 Å². The highest BCUT2D eigenvalue weighted by atomic mass is 16.5. The van der Waals surface area contributed by atoms with Gasteiger partial charge in [-0.25, -0.2) is 0 Å². The van der Waals surface area contributed by atoms with Crippen LogP contribution >= 0.6 is 0 Å². The Bertz CT molecular complexity index is 309. The molecule has 3 aliphatic rings. The number of ether oxygens (including phenoxy) is 1. The fraction of sp³-hybridized carbons (Fsp3) is 1.00. The predicted molar refractivity (Wildman–Crippen MR) is 83.8 cm³/mol. The fourth-order valence-corrected chi connectivity index (χ4v) is 5.13. The van der Waals surface area contributed by atoms with Crippen LogP contribution in [0.25, 0.3) is 0 Å². The van der Waals surface area contributed by atoms with Crippen LogP contribution in [0.15, 0.2) is 0 Å². The largest absolute Gasteiger partial charge is 0.375 e. The van der Waals surface area contributed by atoms with E-state index in [0.717, 1.165) is 24.4 Å². The van der Waals surface area contributed by atoms with Gasteiger partial charge in [0.15, 0.2) is 0 Å². The summed E-state index contributed by atoms with van der Waals surface area (Å²) in [5.74, 6) is 2.85. The molecular formula is C18H33NO. The van der Waals surface area contributed by atoms with Crippen LogP contribution in [-0.4, -0.2) is 24.8 Å². The number of hydrogen-bond donors (Lipinski definition) is 1. The highest BCUT2D eigenvalue weighted by Gasteiger charge is 2.44. The lowest BCUT2D eigenvalue weighted by Crippen LogP contribution is -2.41. The monoisotopic (exact) mass is 279 g/mol. The summed E-state index contributed by atoms with van der Waals surface area (Å²) in [6, 6.07) is 0.632. The molecule has 0 aromatic heterocycles. The summed E-state index contributed by atoms with van der Waals surface area (Å²) in [7, 11) is 0. The molecule has 2 saturated carbocycles. The lowest BCUT2D eigenvalue weighted by atomic mass is 9.74. The highest BCUT2D eigenvalue weighted by Crippen LogP contribution is 2.48. The summed E-state index contributed by atoms with van der Waals surface area (Å²) in [5.41, 5.74) is 0.307. The van der Waals surface area contributed by atoms with Crippen LogP contribution < -0.4 is 5.32 Å². The van der Waals surface area contributed by atoms with Crippen LogP contribution in [0.3, 0.4) is 0 Å². The zero-order chi connectivity index (χ0) is 14.0. The van der Waals surface area contributed by atoms with Crippen molar-refractivity contribution in [3.63, 3.8) is 0 Å². The molecular weight excluding hydrogens is 246 g/mol. The van der Waals surface area contributed by atoms with E-state index in [0.29, 0.717) is 11.6 Å². The van der Waals surface area contributed by atoms with Gasteiger partial charge in [-0.3, -0.25) is 0 Å². The second-order valence-corrected chi connectivity index (χ2v) is 7.91. The summed E-state index contributed by atoms with van der Waals surface area (Å²) in [6.07, 6.45) is 12.6. The van der Waals surface area contributed by atoms with Gasteiger partial charge in [0.05, 0.1) is 5.60 Å². The minimum atomic E-state index is 0.307. The van der Waals surface area contributed by atoms with Crippen LogP contribution in [0, 0.1) is 17.8 Å². The molecule has 1 N–H and O–H groups in total. The molecule has 2 nitrogen and oxygen atoms in total. The highest BCUT2D eigenvalue weighted by molar-refractivity contribution is 4.95. The predicted octanol–water partition coefficient (Wildman–Crippen LogP) is 4.14. The van der Waals surface area contributed by atoms with Crippen molar-refractivity contribution in [3.8, 4) is 0 Å². The third-order valence-corrected chi connectivity index (χ3v) is 6.16. The molecule has 3 rings (SSSR count). The first-order chi connectivity index (χ1) is 9.69. The first kappa shape index (κ1) is 14.8. The molecule has 0 aromatic rings. The van der Waals surface area contributed by atoms with E-state index in [1.54, 1.807) is 0 Å². The molecule has 116 valence electrons. The van der Waals surface area contributed by atoms with E-state index >= 15 is 0 Å². The van der Waals surface area contributed by atoms with Crippen LogP contribution in [-0.2, 0) is 4.74 Å². The zero-order valence-electron chi connectivity index (χ0n) is 13.5. The first-order valence-electron chi connectivity index (χ1n) is 9.06. The van der Waals surface area contributed by atoms with Crippen LogP contribution in [0.4, 0.5) is 0 Å². The van der Waals surface area contributed by atoms with Gasteiger partial charge < -0.3 is 10.1 Å². The summed E-state index contributed by atoms with van der Waals surface area (Å²) >= 11 is 0. The number of nitrogens with one attached hydrogen (secondary N) is 1. The lowest BCUT2D eigenvalue weighted by molar-refractivity contribution is -0.104. The average Bonchev–Trinajstić information content (AvgIpc) is 3.06. The average molecular weight is 279 g/mol. The van der Waals surface area contributed by atoms with Crippen LogP contribution in [0.5, 0.6) is 0 Å². The minimum Gasteiger partial charge on any atom is -0.375 e. The van der Waals surface area contributed by atoms with Crippen molar-refractivity contribution in [2.45, 2.75) is 83.3 Å². The third-order valence-electron chi connectivity index (χ3n) is 6.16. The van der Waals surface area contributed by atoms with E-state index in [9.17, 15) is 0 Å². The van der Waals surface area contributed by atoms with Crippen LogP contribution in [0.1, 0.15) is 71.6 Å². The smallest absolute Gasteiger partial charge is 0.0685 e. The first-order valence-corrected chi connectivity index (χ1v) is 9.06. The van der Waals surface area contributed by atoms with Gasteiger partial charge in [-0.05, 0) is 62.8 Å². The second-order valence-electron chi connectivity index (χ2n) is 7.91. The van der Waals surface area contributed by atoms with E-state index in [4.69, 9.17) is 4.74 Å². The Balaban J connectivity index is 1.59. The van der Waals surface area contributed by atoms with Crippen molar-refractivity contribution < 1.29 is 4.74 Å². The Morgan fingerprint density at radius 1 is 1.10 bits per heavy atom. The molecule has 2 aliphatic carbocycles. The Morgan fingerprint density at radius 3 is 2.65 bits per heavy atom. The Morgan fingerprint density at radius 2 is 1.90 bits per heavy atom. The molecule has 1 saturated heterocycles. The Kier molecular flexibility index (Phi) is 4.72. The van der Waals surface area contributed by atoms with E-state index in [2.05, 4.69) is 19.2 Å². The van der Waals surface area contributed by atoms with Crippen molar-refractivity contribution in [1.29, 1.82) is 0 Å². The quantitative estimate of drug-likeness (QED) is 0.835. The molecule has 0 aromatic carbocycles. The van der Waals surface area contributed by atoms with E-state index in [1.807, 2.05) is 0 Å². The van der Waals surface area contributed by atoms with Crippen LogP contribution in [0.2, 0.25) is 0 Å². The van der Waals surface area contributed by atoms with Gasteiger partial charge >= 0.3 is 0 Å². The summed E-state index contributed by atoms with van der Waals surface area (Å²) in [5, 5.41) is 3.69. The van der Waals surface area contributed by atoms with Gasteiger partial charge in [0, 0.05) is 12.6 Å². The molecule has 1 aliphatic heterocycles. The molecule has 1 heterocycles. The van der Waals surface area contributed by atoms with Gasteiger partial charge in [-0.15, -0.1) is 0 Å². The SMILES string of the molecule is CC(C)NCC1CCCC1C1CCOC2(CCCC2)C1. The van der Waals surface area contributed by atoms with Crippen molar-refractivity contribution in [1.82, 2.24) is 5.32 Å². The normalized spacial score (nSPS) is 37.0. The number of hydrogen-bond acceptors (Lipinski definition) is 2. The van der Waals surface area contributed by atoms with Crippen molar-refractivity contribution in [3.05, 3.63) is 0 Å². The molecule has 0 radical (unpaired) electrons. The molecule has 1 spiro atoms. The molecule has 0 amide bonds. The minimum absolute atomic E-state index is 0.307.